The molecule has 0 unspecified atom stereocenters. The van der Waals surface area contributed by atoms with E-state index in [0.717, 1.165) is 5.76 Å². The highest BCUT2D eigenvalue weighted by Gasteiger charge is 2.28. The van der Waals surface area contributed by atoms with E-state index in [1.807, 2.05) is 6.92 Å². The van der Waals surface area contributed by atoms with Crippen molar-refractivity contribution in [2.24, 2.45) is 0 Å². The molecule has 4 rings (SSSR count). The SMILES string of the molecule is Cc1ccc(C=C2Oc3cc(OC(=O)c4ccco4)ccc3C2=O)o1. The zero-order valence-corrected chi connectivity index (χ0v) is 13.1. The molecule has 1 aliphatic heterocycles. The minimum Gasteiger partial charge on any atom is -0.462 e. The van der Waals surface area contributed by atoms with Crippen molar-refractivity contribution in [2.75, 3.05) is 0 Å². The van der Waals surface area contributed by atoms with Crippen molar-refractivity contribution in [3.05, 3.63) is 77.3 Å². The molecule has 25 heavy (non-hydrogen) atoms. The molecular formula is C19H12O6. The molecule has 0 amide bonds. The summed E-state index contributed by atoms with van der Waals surface area (Å²) in [4.78, 5) is 24.3. The normalized spacial score (nSPS) is 14.4. The summed E-state index contributed by atoms with van der Waals surface area (Å²) in [5.74, 6) is 1.20. The van der Waals surface area contributed by atoms with Crippen molar-refractivity contribution >= 4 is 17.8 Å². The molecule has 0 radical (unpaired) electrons. The number of fused-ring (bicyclic) bond motifs is 1. The molecule has 0 saturated heterocycles. The maximum atomic E-state index is 12.4. The Morgan fingerprint density at radius 2 is 2.04 bits per heavy atom. The molecule has 0 atom stereocenters. The van der Waals surface area contributed by atoms with Gasteiger partial charge in [0.05, 0.1) is 11.8 Å². The molecule has 2 aromatic heterocycles. The second kappa shape index (κ2) is 5.83. The molecule has 1 aliphatic rings. The van der Waals surface area contributed by atoms with Gasteiger partial charge < -0.3 is 18.3 Å². The van der Waals surface area contributed by atoms with Gasteiger partial charge in [-0.1, -0.05) is 0 Å². The maximum Gasteiger partial charge on any atom is 0.379 e. The predicted molar refractivity (Wildman–Crippen MR) is 86.5 cm³/mol. The number of esters is 1. The molecule has 6 heteroatoms. The topological polar surface area (TPSA) is 78.9 Å². The highest BCUT2D eigenvalue weighted by molar-refractivity contribution is 6.14. The van der Waals surface area contributed by atoms with Gasteiger partial charge in [-0.3, -0.25) is 4.79 Å². The maximum absolute atomic E-state index is 12.4. The van der Waals surface area contributed by atoms with E-state index in [0.29, 0.717) is 17.1 Å². The minimum absolute atomic E-state index is 0.0891. The van der Waals surface area contributed by atoms with Crippen LogP contribution >= 0.6 is 0 Å². The Balaban J connectivity index is 1.57. The van der Waals surface area contributed by atoms with Crippen molar-refractivity contribution in [1.29, 1.82) is 0 Å². The smallest absolute Gasteiger partial charge is 0.379 e. The molecule has 3 aromatic rings. The van der Waals surface area contributed by atoms with E-state index in [1.54, 1.807) is 24.3 Å². The highest BCUT2D eigenvalue weighted by Crippen LogP contribution is 2.35. The molecule has 0 bridgehead atoms. The Hall–Kier alpha value is -3.54. The van der Waals surface area contributed by atoms with Crippen molar-refractivity contribution < 1.29 is 27.9 Å². The fourth-order valence-corrected chi connectivity index (χ4v) is 2.44. The van der Waals surface area contributed by atoms with E-state index < -0.39 is 5.97 Å². The number of hydrogen-bond acceptors (Lipinski definition) is 6. The fourth-order valence-electron chi connectivity index (χ4n) is 2.44. The van der Waals surface area contributed by atoms with Crippen molar-refractivity contribution in [3.63, 3.8) is 0 Å². The largest absolute Gasteiger partial charge is 0.462 e. The lowest BCUT2D eigenvalue weighted by molar-refractivity contribution is 0.0701. The van der Waals surface area contributed by atoms with E-state index >= 15 is 0 Å². The van der Waals surface area contributed by atoms with Gasteiger partial charge in [-0.2, -0.15) is 0 Å². The number of allylic oxidation sites excluding steroid dienone is 1. The third kappa shape index (κ3) is 2.85. The van der Waals surface area contributed by atoms with E-state index in [1.165, 1.54) is 30.5 Å². The summed E-state index contributed by atoms with van der Waals surface area (Å²) in [6.45, 7) is 1.81. The molecule has 0 aliphatic carbocycles. The standard InChI is InChI=1S/C19H12O6/c1-11-4-5-12(23-11)10-17-18(20)14-7-6-13(9-16(14)25-17)24-19(21)15-3-2-8-22-15/h2-10H,1H3. The van der Waals surface area contributed by atoms with Crippen LogP contribution < -0.4 is 9.47 Å². The van der Waals surface area contributed by atoms with Crippen LogP contribution in [-0.2, 0) is 0 Å². The number of ether oxygens (including phenoxy) is 2. The van der Waals surface area contributed by atoms with Crippen LogP contribution in [0.2, 0.25) is 0 Å². The van der Waals surface area contributed by atoms with Gasteiger partial charge >= 0.3 is 5.97 Å². The summed E-state index contributed by atoms with van der Waals surface area (Å²) >= 11 is 0. The van der Waals surface area contributed by atoms with Gasteiger partial charge in [0.1, 0.15) is 23.0 Å². The number of Topliss-reactive ketones (excluding diaryl/α,β-unsaturated/α-hetero) is 1. The molecule has 0 saturated carbocycles. The lowest BCUT2D eigenvalue weighted by atomic mass is 10.1. The van der Waals surface area contributed by atoms with Gasteiger partial charge in [0, 0.05) is 12.1 Å². The Bertz CT molecular complexity index is 991. The summed E-state index contributed by atoms with van der Waals surface area (Å²) in [6.07, 6.45) is 2.92. The number of carbonyl (C=O) groups is 2. The van der Waals surface area contributed by atoms with Gasteiger partial charge in [-0.15, -0.1) is 0 Å². The number of hydrogen-bond donors (Lipinski definition) is 0. The van der Waals surface area contributed by atoms with Crippen LogP contribution in [0.4, 0.5) is 0 Å². The summed E-state index contributed by atoms with van der Waals surface area (Å²) in [5.41, 5.74) is 0.396. The van der Waals surface area contributed by atoms with Crippen LogP contribution in [0.1, 0.15) is 32.4 Å². The zero-order chi connectivity index (χ0) is 17.4. The zero-order valence-electron chi connectivity index (χ0n) is 13.1. The number of ketones is 1. The third-order valence-electron chi connectivity index (χ3n) is 3.61. The average molecular weight is 336 g/mol. The summed E-state index contributed by atoms with van der Waals surface area (Å²) < 4.78 is 21.2. The monoisotopic (exact) mass is 336 g/mol. The van der Waals surface area contributed by atoms with Crippen LogP contribution in [0.5, 0.6) is 11.5 Å². The lowest BCUT2D eigenvalue weighted by Gasteiger charge is -2.03. The van der Waals surface area contributed by atoms with E-state index in [9.17, 15) is 9.59 Å². The van der Waals surface area contributed by atoms with Crippen LogP contribution in [0, 0.1) is 6.92 Å². The quantitative estimate of drug-likeness (QED) is 0.408. The first kappa shape index (κ1) is 15.0. The first-order valence-corrected chi connectivity index (χ1v) is 7.50. The Kier molecular flexibility index (Phi) is 3.50. The molecule has 6 nitrogen and oxygen atoms in total. The number of furan rings is 2. The highest BCUT2D eigenvalue weighted by atomic mass is 16.5. The van der Waals surface area contributed by atoms with E-state index in [4.69, 9.17) is 18.3 Å². The van der Waals surface area contributed by atoms with Gasteiger partial charge in [-0.05, 0) is 43.3 Å². The van der Waals surface area contributed by atoms with Gasteiger partial charge in [-0.25, -0.2) is 4.79 Å². The van der Waals surface area contributed by atoms with E-state index in [2.05, 4.69) is 0 Å². The lowest BCUT2D eigenvalue weighted by Crippen LogP contribution is -2.07. The minimum atomic E-state index is -0.629. The number of rotatable bonds is 3. The Morgan fingerprint density at radius 3 is 2.76 bits per heavy atom. The van der Waals surface area contributed by atoms with Gasteiger partial charge in [0.2, 0.25) is 11.5 Å². The van der Waals surface area contributed by atoms with Gasteiger partial charge in [0.15, 0.2) is 5.76 Å². The van der Waals surface area contributed by atoms with Crippen molar-refractivity contribution in [2.45, 2.75) is 6.92 Å². The summed E-state index contributed by atoms with van der Waals surface area (Å²) in [6, 6.07) is 11.2. The molecule has 0 fully saturated rings. The molecular weight excluding hydrogens is 324 g/mol. The Labute approximate surface area is 142 Å². The first-order valence-electron chi connectivity index (χ1n) is 7.50. The van der Waals surface area contributed by atoms with Crippen LogP contribution in [-0.4, -0.2) is 11.8 Å². The van der Waals surface area contributed by atoms with Crippen molar-refractivity contribution in [1.82, 2.24) is 0 Å². The predicted octanol–water partition coefficient (Wildman–Crippen LogP) is 4.02. The van der Waals surface area contributed by atoms with Crippen LogP contribution in [0.25, 0.3) is 6.08 Å². The van der Waals surface area contributed by atoms with Crippen LogP contribution in [0.3, 0.4) is 0 Å². The molecule has 124 valence electrons. The molecule has 0 N–H and O–H groups in total. The fraction of sp³-hybridized carbons (Fsp3) is 0.0526. The van der Waals surface area contributed by atoms with E-state index in [-0.39, 0.29) is 23.1 Å². The van der Waals surface area contributed by atoms with Crippen molar-refractivity contribution in [3.8, 4) is 11.5 Å². The first-order chi connectivity index (χ1) is 12.1. The molecule has 0 spiro atoms. The number of aryl methyl sites for hydroxylation is 1. The summed E-state index contributed by atoms with van der Waals surface area (Å²) in [7, 11) is 0. The average Bonchev–Trinajstić information content (AvgIpc) is 3.30. The third-order valence-corrected chi connectivity index (χ3v) is 3.61. The van der Waals surface area contributed by atoms with Gasteiger partial charge in [0.25, 0.3) is 0 Å². The number of benzene rings is 1. The molecule has 3 heterocycles. The second-order valence-electron chi connectivity index (χ2n) is 5.41. The molecule has 1 aromatic carbocycles. The second-order valence-corrected chi connectivity index (χ2v) is 5.41. The van der Waals surface area contributed by atoms with Crippen LogP contribution in [0.15, 0.2) is 63.3 Å². The summed E-state index contributed by atoms with van der Waals surface area (Å²) in [5, 5.41) is 0. The number of carbonyl (C=O) groups excluding carboxylic acids is 2. The Morgan fingerprint density at radius 1 is 1.16 bits per heavy atom.